The van der Waals surface area contributed by atoms with E-state index in [-0.39, 0.29) is 7.43 Å². The Hall–Kier alpha value is -3.53. The molecule has 0 aliphatic rings. The molecule has 1 aromatic heterocycles. The third-order valence-corrected chi connectivity index (χ3v) is 5.95. The molecule has 0 radical (unpaired) electrons. The van der Waals surface area contributed by atoms with Crippen LogP contribution < -0.4 is 4.90 Å². The molecule has 0 bridgehead atoms. The number of aromatic nitrogens is 3. The fourth-order valence-corrected chi connectivity index (χ4v) is 3.77. The van der Waals surface area contributed by atoms with E-state index in [9.17, 15) is 27.2 Å². The molecule has 0 aliphatic carbocycles. The molecule has 0 unspecified atom stereocenters. The van der Waals surface area contributed by atoms with E-state index < -0.39 is 36.6 Å². The number of halogens is 6. The molecule has 4 rings (SSSR count). The van der Waals surface area contributed by atoms with Gasteiger partial charge in [-0.1, -0.05) is 92.9 Å². The van der Waals surface area contributed by atoms with E-state index in [0.717, 1.165) is 36.5 Å². The first kappa shape index (κ1) is 45.5. The maximum atomic E-state index is 13.3. The zero-order valence-electron chi connectivity index (χ0n) is 27.8. The van der Waals surface area contributed by atoms with Crippen LogP contribution in [-0.2, 0) is 32.3 Å². The van der Waals surface area contributed by atoms with E-state index in [1.807, 2.05) is 84.5 Å². The minimum absolute atomic E-state index is 0. The second-order valence-electron chi connectivity index (χ2n) is 11.2. The fourth-order valence-electron chi connectivity index (χ4n) is 3.61. The summed E-state index contributed by atoms with van der Waals surface area (Å²) in [6.45, 7) is 6.66. The van der Waals surface area contributed by atoms with Gasteiger partial charge in [0, 0.05) is 35.2 Å². The Morgan fingerprint density at radius 3 is 1.80 bits per heavy atom. The summed E-state index contributed by atoms with van der Waals surface area (Å²) in [5, 5.41) is 8.34. The van der Waals surface area contributed by atoms with Crippen molar-refractivity contribution in [1.29, 1.82) is 0 Å². The highest BCUT2D eigenvalue weighted by Crippen LogP contribution is 2.22. The third kappa shape index (κ3) is 18.7. The monoisotopic (exact) mass is 793 g/mol. The number of hydrogen-bond acceptors (Lipinski definition) is 8. The number of fused-ring (bicyclic) bond motifs is 1. The predicted molar refractivity (Wildman–Crippen MR) is 194 cm³/mol. The average Bonchev–Trinajstić information content (AvgIpc) is 3.42. The zero-order valence-corrected chi connectivity index (χ0v) is 31.2. The van der Waals surface area contributed by atoms with Crippen LogP contribution in [0.4, 0.5) is 23.2 Å². The molecule has 0 saturated carbocycles. The minimum Gasteiger partial charge on any atom is -0.465 e. The smallest absolute Gasteiger partial charge is 0.395 e. The van der Waals surface area contributed by atoms with Crippen molar-refractivity contribution in [1.82, 2.24) is 19.9 Å². The molecule has 0 spiro atoms. The summed E-state index contributed by atoms with van der Waals surface area (Å²) >= 11 is 7.47. The van der Waals surface area contributed by atoms with Crippen LogP contribution in [0, 0.1) is 0 Å². The SMILES string of the molecule is C.CN(Cn1nnc2ccccc21)c1ccccc1.COC(=O)C(F)(F)Br.COC(=O)C(F)(F)CN(C)Cc1ccccc1.C[Si](C)(C)Cl. The van der Waals surface area contributed by atoms with Crippen molar-refractivity contribution in [2.75, 3.05) is 39.8 Å². The van der Waals surface area contributed by atoms with E-state index >= 15 is 0 Å². The largest absolute Gasteiger partial charge is 0.465 e. The average molecular weight is 795 g/mol. The quantitative estimate of drug-likeness (QED) is 0.0550. The van der Waals surface area contributed by atoms with Crippen LogP contribution in [0.15, 0.2) is 84.9 Å². The molecule has 4 aromatic rings. The Labute approximate surface area is 300 Å². The summed E-state index contributed by atoms with van der Waals surface area (Å²) in [7, 11) is 4.28. The molecule has 0 aliphatic heterocycles. The maximum Gasteiger partial charge on any atom is 0.395 e. The predicted octanol–water partition coefficient (Wildman–Crippen LogP) is 8.30. The van der Waals surface area contributed by atoms with Crippen LogP contribution in [-0.4, -0.2) is 84.8 Å². The molecule has 9 nitrogen and oxygen atoms in total. The zero-order chi connectivity index (χ0) is 36.5. The number of esters is 2. The number of ether oxygens (including phenoxy) is 2. The second kappa shape index (κ2) is 21.5. The lowest BCUT2D eigenvalue weighted by atomic mass is 10.2. The normalized spacial score (nSPS) is 11.0. The summed E-state index contributed by atoms with van der Waals surface area (Å²) in [6.07, 6.45) is 0. The number of anilines is 1. The van der Waals surface area contributed by atoms with Crippen molar-refractivity contribution >= 4 is 63.1 Å². The number of para-hydroxylation sites is 2. The van der Waals surface area contributed by atoms with Gasteiger partial charge in [-0.05, 0) is 36.9 Å². The summed E-state index contributed by atoms with van der Waals surface area (Å²) in [5.41, 5.74) is 4.06. The van der Waals surface area contributed by atoms with Crippen LogP contribution >= 0.6 is 27.0 Å². The van der Waals surface area contributed by atoms with Gasteiger partial charge in [0.1, 0.15) is 19.6 Å². The number of benzene rings is 3. The highest BCUT2D eigenvalue weighted by Gasteiger charge is 2.41. The molecule has 1 heterocycles. The first-order valence-electron chi connectivity index (χ1n) is 14.4. The first-order valence-corrected chi connectivity index (χ1v) is 19.7. The van der Waals surface area contributed by atoms with Crippen molar-refractivity contribution in [3.63, 3.8) is 0 Å². The number of rotatable bonds is 9. The van der Waals surface area contributed by atoms with Gasteiger partial charge in [-0.15, -0.1) is 5.10 Å². The van der Waals surface area contributed by atoms with E-state index in [1.54, 1.807) is 15.9 Å². The van der Waals surface area contributed by atoms with Gasteiger partial charge in [0.25, 0.3) is 0 Å². The molecule has 0 fully saturated rings. The topological polar surface area (TPSA) is 89.8 Å². The number of methoxy groups -OCH3 is 2. The lowest BCUT2D eigenvalue weighted by molar-refractivity contribution is -0.171. The Bertz CT molecular complexity index is 1520. The minimum atomic E-state index is -3.54. The van der Waals surface area contributed by atoms with Crippen molar-refractivity contribution in [2.24, 2.45) is 0 Å². The van der Waals surface area contributed by atoms with Gasteiger partial charge in [-0.3, -0.25) is 4.90 Å². The molecule has 0 atom stereocenters. The summed E-state index contributed by atoms with van der Waals surface area (Å²) < 4.78 is 59.3. The van der Waals surface area contributed by atoms with Crippen molar-refractivity contribution in [2.45, 2.75) is 51.0 Å². The highest BCUT2D eigenvalue weighted by atomic mass is 79.9. The van der Waals surface area contributed by atoms with E-state index in [2.05, 4.69) is 56.5 Å². The van der Waals surface area contributed by atoms with Gasteiger partial charge in [-0.25, -0.2) is 14.3 Å². The second-order valence-corrected chi connectivity index (χ2v) is 19.7. The molecule has 3 aromatic carbocycles. The van der Waals surface area contributed by atoms with Gasteiger partial charge in [-0.2, -0.15) is 28.6 Å². The number of alkyl halides is 5. The van der Waals surface area contributed by atoms with Crippen molar-refractivity contribution in [3.8, 4) is 0 Å². The molecular formula is C33H45BrClF4N5O4Si. The van der Waals surface area contributed by atoms with E-state index in [4.69, 9.17) is 11.1 Å². The van der Waals surface area contributed by atoms with Gasteiger partial charge in [0.15, 0.2) is 0 Å². The molecule has 0 N–H and O–H groups in total. The molecular weight excluding hydrogens is 750 g/mol. The standard InChI is InChI=1S/C14H14N4.C12H15F2NO2.C3H3BrF2O2.C3H9ClSi.CH4/c1-17(12-7-3-2-4-8-12)11-18-14-10-6-5-9-13(14)15-16-18;1-15(8-10-6-4-3-5-7-10)9-12(13,14)11(16)17-2;1-8-2(7)3(4,5)6;1-5(2,3)4;/h2-10H,11H2,1H3;3-7H,8-9H2,1-2H3;1H3;1-3H3;1H4. The Balaban J connectivity index is 0.000000690. The van der Waals surface area contributed by atoms with Gasteiger partial charge >= 0.3 is 22.7 Å². The van der Waals surface area contributed by atoms with Crippen LogP contribution in [0.5, 0.6) is 0 Å². The Kier molecular flexibility index (Phi) is 20.0. The summed E-state index contributed by atoms with van der Waals surface area (Å²) in [6, 6.07) is 27.4. The van der Waals surface area contributed by atoms with Gasteiger partial charge in [0.05, 0.1) is 26.3 Å². The van der Waals surface area contributed by atoms with Gasteiger partial charge < -0.3 is 14.4 Å². The van der Waals surface area contributed by atoms with Crippen molar-refractivity contribution < 1.29 is 36.6 Å². The van der Waals surface area contributed by atoms with Gasteiger partial charge in [0.2, 0.25) is 0 Å². The van der Waals surface area contributed by atoms with Crippen LogP contribution in [0.25, 0.3) is 11.0 Å². The lowest BCUT2D eigenvalue weighted by Crippen LogP contribution is -2.41. The highest BCUT2D eigenvalue weighted by molar-refractivity contribution is 9.10. The van der Waals surface area contributed by atoms with Crippen LogP contribution in [0.1, 0.15) is 13.0 Å². The molecule has 16 heteroatoms. The number of hydrogen-bond donors (Lipinski definition) is 0. The summed E-state index contributed by atoms with van der Waals surface area (Å²) in [4.78, 5) is 20.6. The maximum absolute atomic E-state index is 13.3. The Morgan fingerprint density at radius 2 is 1.33 bits per heavy atom. The number of carbonyl (C=O) groups is 2. The Morgan fingerprint density at radius 1 is 0.857 bits per heavy atom. The molecule has 49 heavy (non-hydrogen) atoms. The lowest BCUT2D eigenvalue weighted by Gasteiger charge is -2.21. The van der Waals surface area contributed by atoms with Crippen LogP contribution in [0.2, 0.25) is 19.6 Å². The number of carbonyl (C=O) groups excluding carboxylic acids is 2. The third-order valence-electron chi connectivity index (χ3n) is 5.63. The molecule has 0 saturated heterocycles. The summed E-state index contributed by atoms with van der Waals surface area (Å²) in [5.74, 6) is -6.56. The van der Waals surface area contributed by atoms with Crippen molar-refractivity contribution in [3.05, 3.63) is 90.5 Å². The fraction of sp³-hybridized carbons (Fsp3) is 0.394. The number of nitrogens with zero attached hydrogens (tertiary/aromatic N) is 5. The van der Waals surface area contributed by atoms with Crippen LogP contribution in [0.3, 0.4) is 0 Å². The van der Waals surface area contributed by atoms with E-state index in [0.29, 0.717) is 13.2 Å². The molecule has 0 amide bonds. The molecule has 272 valence electrons. The van der Waals surface area contributed by atoms with E-state index in [1.165, 1.54) is 11.9 Å². The first-order chi connectivity index (χ1) is 22.3.